The predicted molar refractivity (Wildman–Crippen MR) is 24.3 cm³/mol. The molecule has 0 aromatic heterocycles. The first-order chi connectivity index (χ1) is 4.46. The van der Waals surface area contributed by atoms with Crippen LogP contribution in [0.25, 0.3) is 0 Å². The van der Waals surface area contributed by atoms with E-state index in [9.17, 15) is 22.0 Å². The Morgan fingerprint density at radius 1 is 1.10 bits per heavy atom. The number of rotatable bonds is 0. The van der Waals surface area contributed by atoms with Crippen molar-refractivity contribution in [2.75, 3.05) is 0 Å². The van der Waals surface area contributed by atoms with E-state index >= 15 is 0 Å². The molecule has 3 atom stereocenters. The number of hydrogen-bond donors (Lipinski definition) is 0. The first-order valence-electron chi connectivity index (χ1n) is 2.76. The Balaban J connectivity index is 2.75. The second kappa shape index (κ2) is 2.07. The average molecular weight is 160 g/mol. The van der Waals surface area contributed by atoms with E-state index in [1.807, 2.05) is 0 Å². The van der Waals surface area contributed by atoms with Gasteiger partial charge >= 0.3 is 5.92 Å². The monoisotopic (exact) mass is 160 g/mol. The summed E-state index contributed by atoms with van der Waals surface area (Å²) in [6.07, 6.45) is -9.03. The van der Waals surface area contributed by atoms with Gasteiger partial charge in [0, 0.05) is 6.42 Å². The largest absolute Gasteiger partial charge is 0.312 e. The van der Waals surface area contributed by atoms with Crippen LogP contribution in [0.1, 0.15) is 6.42 Å². The van der Waals surface area contributed by atoms with E-state index in [-0.39, 0.29) is 0 Å². The normalized spacial score (nSPS) is 45.9. The van der Waals surface area contributed by atoms with Crippen LogP contribution in [-0.2, 0) is 0 Å². The Hall–Kier alpha value is -0.350. The molecule has 0 spiro atoms. The molecule has 0 amide bonds. The van der Waals surface area contributed by atoms with Crippen LogP contribution in [0.2, 0.25) is 0 Å². The van der Waals surface area contributed by atoms with E-state index in [1.165, 1.54) is 0 Å². The molecule has 0 aliphatic heterocycles. The fraction of sp³-hybridized carbons (Fsp3) is 1.00. The Bertz CT molecular complexity index is 134. The van der Waals surface area contributed by atoms with Gasteiger partial charge < -0.3 is 0 Å². The lowest BCUT2D eigenvalue weighted by Gasteiger charge is -2.12. The SMILES string of the molecule is FC1CC(F)C(F)(F)C1F. The van der Waals surface area contributed by atoms with E-state index in [4.69, 9.17) is 0 Å². The second-order valence-electron chi connectivity index (χ2n) is 2.30. The fourth-order valence-corrected chi connectivity index (χ4v) is 0.888. The summed E-state index contributed by atoms with van der Waals surface area (Å²) in [7, 11) is 0. The van der Waals surface area contributed by atoms with Crippen LogP contribution in [0, 0.1) is 0 Å². The van der Waals surface area contributed by atoms with E-state index in [2.05, 4.69) is 0 Å². The van der Waals surface area contributed by atoms with Gasteiger partial charge in [0.05, 0.1) is 0 Å². The standard InChI is InChI=1S/C5H5F5/c6-2-1-3(7)5(9,10)4(2)8/h2-4H,1H2. The van der Waals surface area contributed by atoms with E-state index in [0.717, 1.165) is 0 Å². The topological polar surface area (TPSA) is 0 Å². The van der Waals surface area contributed by atoms with Crippen molar-refractivity contribution < 1.29 is 22.0 Å². The Morgan fingerprint density at radius 3 is 1.70 bits per heavy atom. The Kier molecular flexibility index (Phi) is 1.60. The van der Waals surface area contributed by atoms with Crippen LogP contribution < -0.4 is 0 Å². The van der Waals surface area contributed by atoms with Crippen LogP contribution in [0.5, 0.6) is 0 Å². The molecule has 0 aromatic carbocycles. The van der Waals surface area contributed by atoms with Gasteiger partial charge in [0.1, 0.15) is 6.17 Å². The molecule has 10 heavy (non-hydrogen) atoms. The van der Waals surface area contributed by atoms with Gasteiger partial charge in [-0.3, -0.25) is 0 Å². The number of hydrogen-bond acceptors (Lipinski definition) is 0. The Labute approximate surface area is 54.0 Å². The summed E-state index contributed by atoms with van der Waals surface area (Å²) >= 11 is 0. The molecule has 3 unspecified atom stereocenters. The van der Waals surface area contributed by atoms with Crippen molar-refractivity contribution in [3.63, 3.8) is 0 Å². The summed E-state index contributed by atoms with van der Waals surface area (Å²) in [5, 5.41) is 0. The van der Waals surface area contributed by atoms with Crippen LogP contribution in [0.15, 0.2) is 0 Å². The van der Waals surface area contributed by atoms with Crippen molar-refractivity contribution >= 4 is 0 Å². The van der Waals surface area contributed by atoms with Gasteiger partial charge in [-0.25, -0.2) is 22.0 Å². The molecule has 0 saturated heterocycles. The van der Waals surface area contributed by atoms with Crippen LogP contribution >= 0.6 is 0 Å². The molecule has 1 saturated carbocycles. The molecule has 60 valence electrons. The van der Waals surface area contributed by atoms with Crippen molar-refractivity contribution in [2.45, 2.75) is 30.9 Å². The van der Waals surface area contributed by atoms with Crippen molar-refractivity contribution in [1.29, 1.82) is 0 Å². The van der Waals surface area contributed by atoms with Crippen LogP contribution in [0.3, 0.4) is 0 Å². The van der Waals surface area contributed by atoms with Gasteiger partial charge in [-0.15, -0.1) is 0 Å². The third-order valence-corrected chi connectivity index (χ3v) is 1.53. The minimum atomic E-state index is -4.13. The smallest absolute Gasteiger partial charge is 0.244 e. The fourth-order valence-electron chi connectivity index (χ4n) is 0.888. The molecule has 1 aliphatic carbocycles. The van der Waals surface area contributed by atoms with Gasteiger partial charge in [0.15, 0.2) is 12.3 Å². The van der Waals surface area contributed by atoms with Crippen molar-refractivity contribution in [3.05, 3.63) is 0 Å². The van der Waals surface area contributed by atoms with Crippen molar-refractivity contribution in [1.82, 2.24) is 0 Å². The highest BCUT2D eigenvalue weighted by atomic mass is 19.3. The molecular weight excluding hydrogens is 155 g/mol. The molecule has 0 N–H and O–H groups in total. The van der Waals surface area contributed by atoms with Gasteiger partial charge in [-0.05, 0) is 0 Å². The molecule has 0 radical (unpaired) electrons. The van der Waals surface area contributed by atoms with E-state index in [1.54, 1.807) is 0 Å². The number of halogens is 5. The average Bonchev–Trinajstić information content (AvgIpc) is 1.97. The molecule has 1 aliphatic rings. The maximum Gasteiger partial charge on any atom is 0.312 e. The zero-order valence-electron chi connectivity index (χ0n) is 4.83. The minimum Gasteiger partial charge on any atom is -0.244 e. The molecular formula is C5H5F5. The molecule has 0 bridgehead atoms. The highest BCUT2D eigenvalue weighted by molar-refractivity contribution is 4.98. The first kappa shape index (κ1) is 7.75. The lowest BCUT2D eigenvalue weighted by atomic mass is 10.2. The van der Waals surface area contributed by atoms with Gasteiger partial charge in [-0.2, -0.15) is 0 Å². The van der Waals surface area contributed by atoms with E-state index in [0.29, 0.717) is 0 Å². The van der Waals surface area contributed by atoms with E-state index < -0.39 is 30.9 Å². The Morgan fingerprint density at radius 2 is 1.60 bits per heavy atom. The predicted octanol–water partition coefficient (Wildman–Crippen LogP) is 2.04. The van der Waals surface area contributed by atoms with Gasteiger partial charge in [0.25, 0.3) is 0 Å². The summed E-state index contributed by atoms with van der Waals surface area (Å²) in [5.41, 5.74) is 0. The third-order valence-electron chi connectivity index (χ3n) is 1.53. The molecule has 5 heteroatoms. The molecule has 1 fully saturated rings. The summed E-state index contributed by atoms with van der Waals surface area (Å²) in [6.45, 7) is 0. The van der Waals surface area contributed by atoms with Gasteiger partial charge in [0.2, 0.25) is 0 Å². The maximum atomic E-state index is 12.0. The molecule has 1 rings (SSSR count). The highest BCUT2D eigenvalue weighted by Gasteiger charge is 2.59. The van der Waals surface area contributed by atoms with Crippen molar-refractivity contribution in [2.24, 2.45) is 0 Å². The quantitative estimate of drug-likeness (QED) is 0.475. The summed E-state index contributed by atoms with van der Waals surface area (Å²) in [5.74, 6) is -4.13. The first-order valence-corrected chi connectivity index (χ1v) is 2.76. The highest BCUT2D eigenvalue weighted by Crippen LogP contribution is 2.41. The maximum absolute atomic E-state index is 12.0. The molecule has 0 nitrogen and oxygen atoms in total. The van der Waals surface area contributed by atoms with Gasteiger partial charge in [-0.1, -0.05) is 0 Å². The van der Waals surface area contributed by atoms with Crippen LogP contribution in [0.4, 0.5) is 22.0 Å². The van der Waals surface area contributed by atoms with Crippen LogP contribution in [-0.4, -0.2) is 24.4 Å². The molecule has 0 heterocycles. The zero-order chi connectivity index (χ0) is 7.94. The van der Waals surface area contributed by atoms with Crippen molar-refractivity contribution in [3.8, 4) is 0 Å². The minimum absolute atomic E-state index is 1.03. The lowest BCUT2D eigenvalue weighted by molar-refractivity contribution is -0.101. The summed E-state index contributed by atoms with van der Waals surface area (Å²) < 4.78 is 59.9. The second-order valence-corrected chi connectivity index (χ2v) is 2.30. The molecule has 0 aromatic rings. The lowest BCUT2D eigenvalue weighted by Crippen LogP contribution is -2.33. The number of alkyl halides is 5. The summed E-state index contributed by atoms with van der Waals surface area (Å²) in [6, 6.07) is 0. The summed E-state index contributed by atoms with van der Waals surface area (Å²) in [4.78, 5) is 0. The third kappa shape index (κ3) is 0.876. The zero-order valence-corrected chi connectivity index (χ0v) is 4.83.